The normalized spacial score (nSPS) is 14.0. The summed E-state index contributed by atoms with van der Waals surface area (Å²) in [5.74, 6) is -1.41. The van der Waals surface area contributed by atoms with Crippen molar-refractivity contribution in [1.82, 2.24) is 9.55 Å². The van der Waals surface area contributed by atoms with Gasteiger partial charge in [-0.05, 0) is 62.7 Å². The quantitative estimate of drug-likeness (QED) is 0.255. The van der Waals surface area contributed by atoms with Crippen molar-refractivity contribution < 1.29 is 36.6 Å². The first-order valence-electron chi connectivity index (χ1n) is 13.1. The van der Waals surface area contributed by atoms with Crippen molar-refractivity contribution in [2.24, 2.45) is 11.5 Å². The van der Waals surface area contributed by atoms with Crippen molar-refractivity contribution in [3.8, 4) is 22.8 Å². The number of alkyl halides is 3. The van der Waals surface area contributed by atoms with Crippen LogP contribution < -0.4 is 26.4 Å². The first kappa shape index (κ1) is 34.5. The van der Waals surface area contributed by atoms with Crippen molar-refractivity contribution in [3.05, 3.63) is 77.3 Å². The van der Waals surface area contributed by atoms with Crippen LogP contribution in [0.5, 0.6) is 11.5 Å². The maximum absolute atomic E-state index is 14.3. The van der Waals surface area contributed by atoms with E-state index in [4.69, 9.17) is 24.5 Å². The summed E-state index contributed by atoms with van der Waals surface area (Å²) in [7, 11) is 0. The molecule has 0 aliphatic carbocycles. The van der Waals surface area contributed by atoms with Gasteiger partial charge in [0.25, 0.3) is 0 Å². The second-order valence-corrected chi connectivity index (χ2v) is 10.3. The van der Waals surface area contributed by atoms with Gasteiger partial charge in [0.15, 0.2) is 0 Å². The zero-order valence-corrected chi connectivity index (χ0v) is 24.2. The lowest BCUT2D eigenvalue weighted by molar-refractivity contribution is -0.150. The smallest absolute Gasteiger partial charge is 0.397 e. The number of hydrogen-bond acceptors (Lipinski definition) is 6. The molecule has 9 nitrogen and oxygen atoms in total. The molecule has 1 aromatic carbocycles. The number of ether oxygens (including phenoxy) is 2. The van der Waals surface area contributed by atoms with Gasteiger partial charge in [-0.1, -0.05) is 19.9 Å². The molecule has 0 saturated carbocycles. The van der Waals surface area contributed by atoms with E-state index in [1.54, 1.807) is 12.3 Å². The number of fused-ring (bicyclic) bond motifs is 1. The zero-order chi connectivity index (χ0) is 32.4. The van der Waals surface area contributed by atoms with E-state index in [1.807, 2.05) is 27.7 Å². The molecule has 232 valence electrons. The fourth-order valence-electron chi connectivity index (χ4n) is 4.21. The number of nitrogens with one attached hydrogen (secondary N) is 1. The maximum atomic E-state index is 14.3. The highest BCUT2D eigenvalue weighted by Gasteiger charge is 2.43. The van der Waals surface area contributed by atoms with E-state index >= 15 is 0 Å². The summed E-state index contributed by atoms with van der Waals surface area (Å²) in [6.07, 6.45) is -0.188. The number of amides is 2. The lowest BCUT2D eigenvalue weighted by Gasteiger charge is -2.22. The second-order valence-electron chi connectivity index (χ2n) is 10.3. The molecule has 0 saturated heterocycles. The number of hydrogen-bond donors (Lipinski definition) is 3. The Labute approximate surface area is 246 Å². The molecule has 0 bridgehead atoms. The number of nitrogens with two attached hydrogens (primary N) is 2. The summed E-state index contributed by atoms with van der Waals surface area (Å²) in [5.41, 5.74) is 9.16. The number of carbonyl (C=O) groups excluding carboxylic acids is 2. The summed E-state index contributed by atoms with van der Waals surface area (Å²) in [5, 5.41) is 8.07. The molecule has 0 radical (unpaired) electrons. The highest BCUT2D eigenvalue weighted by molar-refractivity contribution is 5.70. The van der Waals surface area contributed by atoms with E-state index in [0.717, 1.165) is 0 Å². The van der Waals surface area contributed by atoms with Gasteiger partial charge in [-0.25, -0.2) is 9.37 Å². The van der Waals surface area contributed by atoms with Crippen LogP contribution in [0.15, 0.2) is 54.7 Å². The second kappa shape index (κ2) is 15.0. The molecular formula is C30H35F4N5O4. The zero-order valence-electron chi connectivity index (χ0n) is 24.2. The Kier molecular flexibility index (Phi) is 12.0. The van der Waals surface area contributed by atoms with Crippen molar-refractivity contribution in [1.29, 1.82) is 5.41 Å². The molecule has 2 aromatic heterocycles. The molecule has 43 heavy (non-hydrogen) atoms. The Morgan fingerprint density at radius 3 is 2.28 bits per heavy atom. The van der Waals surface area contributed by atoms with Crippen LogP contribution >= 0.6 is 0 Å². The Balaban J connectivity index is 0.000000992. The molecule has 5 N–H and O–H groups in total. The first-order chi connectivity index (χ1) is 20.2. The lowest BCUT2D eigenvalue weighted by Crippen LogP contribution is -2.23. The Morgan fingerprint density at radius 1 is 1.12 bits per heavy atom. The minimum Gasteiger partial charge on any atom is -0.490 e. The number of primary amides is 2. The van der Waals surface area contributed by atoms with Gasteiger partial charge in [0, 0.05) is 22.7 Å². The fraction of sp³-hybridized carbons (Fsp3) is 0.333. The molecule has 1 aliphatic rings. The minimum absolute atomic E-state index is 0.0851. The Hall–Kier alpha value is -4.68. The third-order valence-electron chi connectivity index (χ3n) is 6.13. The topological polar surface area (TPSA) is 146 Å². The number of allylic oxidation sites excluding steroid dienone is 1. The molecule has 2 amide bonds. The van der Waals surface area contributed by atoms with Gasteiger partial charge in [-0.15, -0.1) is 0 Å². The van der Waals surface area contributed by atoms with E-state index in [0.29, 0.717) is 29.2 Å². The highest BCUT2D eigenvalue weighted by atomic mass is 19.4. The fourth-order valence-corrected chi connectivity index (χ4v) is 4.21. The third-order valence-corrected chi connectivity index (χ3v) is 6.13. The van der Waals surface area contributed by atoms with Crippen LogP contribution in [-0.2, 0) is 15.0 Å². The maximum Gasteiger partial charge on any atom is 0.397 e. The minimum atomic E-state index is -4.58. The predicted octanol–water partition coefficient (Wildman–Crippen LogP) is 5.04. The van der Waals surface area contributed by atoms with Gasteiger partial charge in [0.1, 0.15) is 34.4 Å². The summed E-state index contributed by atoms with van der Waals surface area (Å²) >= 11 is 0. The molecule has 3 aromatic rings. The average molecular weight is 606 g/mol. The average Bonchev–Trinajstić information content (AvgIpc) is 3.22. The van der Waals surface area contributed by atoms with Crippen LogP contribution in [0.3, 0.4) is 0 Å². The van der Waals surface area contributed by atoms with E-state index in [2.05, 4.69) is 16.5 Å². The van der Waals surface area contributed by atoms with Gasteiger partial charge < -0.3 is 25.5 Å². The van der Waals surface area contributed by atoms with Crippen molar-refractivity contribution in [2.45, 2.75) is 57.7 Å². The number of benzene rings is 1. The van der Waals surface area contributed by atoms with Crippen LogP contribution in [0.1, 0.15) is 51.3 Å². The first-order valence-corrected chi connectivity index (χ1v) is 13.1. The highest BCUT2D eigenvalue weighted by Crippen LogP contribution is 2.47. The van der Waals surface area contributed by atoms with Gasteiger partial charge in [0.05, 0.1) is 24.6 Å². The molecule has 13 heteroatoms. The van der Waals surface area contributed by atoms with Crippen LogP contribution in [0.2, 0.25) is 0 Å². The van der Waals surface area contributed by atoms with Gasteiger partial charge in [0.2, 0.25) is 12.8 Å². The molecule has 4 rings (SSSR count). The van der Waals surface area contributed by atoms with Crippen LogP contribution in [-0.4, -0.2) is 41.3 Å². The van der Waals surface area contributed by atoms with E-state index in [-0.39, 0.29) is 42.2 Å². The molecule has 1 atom stereocenters. The van der Waals surface area contributed by atoms with E-state index in [9.17, 15) is 17.6 Å². The number of halogens is 4. The lowest BCUT2D eigenvalue weighted by atomic mass is 9.84. The van der Waals surface area contributed by atoms with Gasteiger partial charge in [-0.3, -0.25) is 15.0 Å². The van der Waals surface area contributed by atoms with Gasteiger partial charge in [-0.2, -0.15) is 13.2 Å². The summed E-state index contributed by atoms with van der Waals surface area (Å²) in [4.78, 5) is 21.6. The Morgan fingerprint density at radius 2 is 1.72 bits per heavy atom. The number of carbonyl (C=O) groups is 2. The van der Waals surface area contributed by atoms with Crippen LogP contribution in [0.25, 0.3) is 17.5 Å². The number of pyridine rings is 2. The predicted molar refractivity (Wildman–Crippen MR) is 153 cm³/mol. The third kappa shape index (κ3) is 9.42. The monoisotopic (exact) mass is 605 g/mol. The number of rotatable bonds is 7. The number of aromatic nitrogens is 2. The van der Waals surface area contributed by atoms with Gasteiger partial charge >= 0.3 is 6.18 Å². The van der Waals surface area contributed by atoms with Crippen molar-refractivity contribution >= 4 is 19.0 Å². The molecule has 3 heterocycles. The summed E-state index contributed by atoms with van der Waals surface area (Å²) in [6, 6.07) is 10.1. The largest absolute Gasteiger partial charge is 0.490 e. The molecule has 0 spiro atoms. The van der Waals surface area contributed by atoms with Crippen LogP contribution in [0.4, 0.5) is 17.6 Å². The molecule has 0 fully saturated rings. The molecule has 1 unspecified atom stereocenters. The SMILES string of the molecule is CC(C)Oc1ccc(=N)n(/C=C/CC(c2cc3c(c(-c4ccc(F)cc4)n2)OCC3(C)C)C(F)(F)F)c1.NC=O.NC=O. The molecule has 1 aliphatic heterocycles. The van der Waals surface area contributed by atoms with Crippen molar-refractivity contribution in [2.75, 3.05) is 6.61 Å². The number of nitrogens with zero attached hydrogens (tertiary/aromatic N) is 2. The summed E-state index contributed by atoms with van der Waals surface area (Å²) < 4.78 is 69.4. The molecular weight excluding hydrogens is 570 g/mol. The van der Waals surface area contributed by atoms with E-state index in [1.165, 1.54) is 53.2 Å². The Bertz CT molecular complexity index is 1460. The van der Waals surface area contributed by atoms with Crippen LogP contribution in [0, 0.1) is 11.2 Å². The summed E-state index contributed by atoms with van der Waals surface area (Å²) in [6.45, 7) is 7.82. The van der Waals surface area contributed by atoms with E-state index < -0.39 is 23.3 Å². The standard InChI is InChI=1S/C28H29F4N3O2.2CH3NO/c1-17(2)37-20-11-12-24(33)35(15-20)13-5-6-21(28(30,31)32)23-14-22-26(36-16-27(22,3)4)25(34-23)18-7-9-19(29)10-8-18;2*2-1-3/h5,7-15,17,21,33H,6,16H2,1-4H3;2*1H,(H2,2,3)/b13-5+,33-24?;;. The van der Waals surface area contributed by atoms with Crippen molar-refractivity contribution in [3.63, 3.8) is 0 Å².